The summed E-state index contributed by atoms with van der Waals surface area (Å²) in [6.07, 6.45) is 0. The predicted molar refractivity (Wildman–Crippen MR) is 36.9 cm³/mol. The molecule has 50 valence electrons. The van der Waals surface area contributed by atoms with Gasteiger partial charge in [-0.2, -0.15) is 12.6 Å². The third-order valence-corrected chi connectivity index (χ3v) is 0.679. The van der Waals surface area contributed by atoms with Crippen LogP contribution in [0.25, 0.3) is 0 Å². The second kappa shape index (κ2) is 5.48. The Morgan fingerprint density at radius 3 is 2.89 bits per heavy atom. The molecule has 0 saturated heterocycles. The minimum atomic E-state index is -0.418. The van der Waals surface area contributed by atoms with Gasteiger partial charge in [0, 0.05) is 0 Å². The fourth-order valence-corrected chi connectivity index (χ4v) is 0.379. The molecule has 0 saturated carbocycles. The first-order chi connectivity index (χ1) is 4.31. The number of rotatable bonds is 1. The summed E-state index contributed by atoms with van der Waals surface area (Å²) in [6.45, 7) is -0.292. The van der Waals surface area contributed by atoms with Gasteiger partial charge in [0.2, 0.25) is 0 Å². The van der Waals surface area contributed by atoms with Gasteiger partial charge in [-0.1, -0.05) is 5.92 Å². The number of aliphatic hydroxyl groups excluding tert-OH is 1. The minimum Gasteiger partial charge on any atom is -0.384 e. The zero-order valence-electron chi connectivity index (χ0n) is 4.72. The van der Waals surface area contributed by atoms with Crippen LogP contribution in [-0.4, -0.2) is 23.5 Å². The molecule has 0 bridgehead atoms. The molecule has 4 heteroatoms. The first-order valence-corrected chi connectivity index (χ1v) is 2.93. The van der Waals surface area contributed by atoms with E-state index in [1.54, 1.807) is 0 Å². The van der Waals surface area contributed by atoms with E-state index in [4.69, 9.17) is 5.11 Å². The molecule has 0 heterocycles. The van der Waals surface area contributed by atoms with E-state index in [1.807, 2.05) is 0 Å². The van der Waals surface area contributed by atoms with Crippen molar-refractivity contribution in [2.75, 3.05) is 12.5 Å². The van der Waals surface area contributed by atoms with E-state index in [0.717, 1.165) is 0 Å². The van der Waals surface area contributed by atoms with Crippen LogP contribution in [0.1, 0.15) is 0 Å². The Labute approximate surface area is 58.9 Å². The van der Waals surface area contributed by atoms with Gasteiger partial charge in [-0.3, -0.25) is 4.79 Å². The lowest BCUT2D eigenvalue weighted by molar-refractivity contribution is -0.115. The lowest BCUT2D eigenvalue weighted by atomic mass is 10.5. The molecule has 0 spiro atoms. The highest BCUT2D eigenvalue weighted by Gasteiger charge is 1.87. The van der Waals surface area contributed by atoms with Crippen LogP contribution in [0.5, 0.6) is 0 Å². The number of hydrogen-bond acceptors (Lipinski definition) is 3. The standard InChI is InChI=1S/C5H7NO2S/c7-3-1-2-5(8)6-4-9/h7,9H,3-4H2,(H,6,8). The summed E-state index contributed by atoms with van der Waals surface area (Å²) in [6, 6.07) is 0. The van der Waals surface area contributed by atoms with Crippen LogP contribution in [0.2, 0.25) is 0 Å². The molecule has 0 atom stereocenters. The second-order valence-corrected chi connectivity index (χ2v) is 1.44. The molecule has 0 aromatic heterocycles. The highest BCUT2D eigenvalue weighted by Crippen LogP contribution is 1.65. The Morgan fingerprint density at radius 2 is 2.44 bits per heavy atom. The van der Waals surface area contributed by atoms with Gasteiger partial charge >= 0.3 is 0 Å². The Kier molecular flexibility index (Phi) is 5.07. The zero-order chi connectivity index (χ0) is 7.11. The third-order valence-electron chi connectivity index (χ3n) is 0.521. The molecule has 0 rings (SSSR count). The first-order valence-electron chi connectivity index (χ1n) is 2.29. The lowest BCUT2D eigenvalue weighted by Gasteiger charge is -1.88. The normalized spacial score (nSPS) is 7.33. The average molecular weight is 145 g/mol. The monoisotopic (exact) mass is 145 g/mol. The summed E-state index contributed by atoms with van der Waals surface area (Å²) in [5.74, 6) is 4.17. The molecule has 0 aliphatic rings. The van der Waals surface area contributed by atoms with E-state index in [0.29, 0.717) is 0 Å². The lowest BCUT2D eigenvalue weighted by Crippen LogP contribution is -2.19. The fourth-order valence-electron chi connectivity index (χ4n) is 0.236. The van der Waals surface area contributed by atoms with Gasteiger partial charge in [0.25, 0.3) is 5.91 Å². The Hall–Kier alpha value is -0.660. The van der Waals surface area contributed by atoms with Crippen molar-refractivity contribution in [1.82, 2.24) is 5.32 Å². The Balaban J connectivity index is 3.49. The summed E-state index contributed by atoms with van der Waals surface area (Å²) in [4.78, 5) is 10.4. The van der Waals surface area contributed by atoms with Crippen LogP contribution in [0.4, 0.5) is 0 Å². The molecule has 0 aromatic rings. The maximum absolute atomic E-state index is 10.4. The maximum atomic E-state index is 10.4. The van der Waals surface area contributed by atoms with E-state index in [-0.39, 0.29) is 12.5 Å². The van der Waals surface area contributed by atoms with Crippen LogP contribution < -0.4 is 5.32 Å². The number of carbonyl (C=O) groups is 1. The molecule has 0 aromatic carbocycles. The summed E-state index contributed by atoms with van der Waals surface area (Å²) < 4.78 is 0. The largest absolute Gasteiger partial charge is 0.384 e. The molecule has 0 radical (unpaired) electrons. The van der Waals surface area contributed by atoms with Gasteiger partial charge in [0.05, 0.1) is 5.88 Å². The van der Waals surface area contributed by atoms with Crippen molar-refractivity contribution in [3.8, 4) is 11.8 Å². The summed E-state index contributed by atoms with van der Waals surface area (Å²) in [5.41, 5.74) is 0. The third kappa shape index (κ3) is 5.21. The Bertz CT molecular complexity index is 147. The quantitative estimate of drug-likeness (QED) is 0.251. The molecule has 0 aliphatic heterocycles. The van der Waals surface area contributed by atoms with E-state index in [1.165, 1.54) is 0 Å². The molecule has 9 heavy (non-hydrogen) atoms. The van der Waals surface area contributed by atoms with Crippen molar-refractivity contribution in [2.24, 2.45) is 0 Å². The van der Waals surface area contributed by atoms with Crippen molar-refractivity contribution < 1.29 is 9.90 Å². The molecule has 3 nitrogen and oxygen atoms in total. The highest BCUT2D eigenvalue weighted by atomic mass is 32.1. The van der Waals surface area contributed by atoms with Gasteiger partial charge < -0.3 is 10.4 Å². The van der Waals surface area contributed by atoms with Gasteiger partial charge in [0.1, 0.15) is 6.61 Å². The molecular formula is C5H7NO2S. The SMILES string of the molecule is O=C(C#CCO)NCS. The predicted octanol–water partition coefficient (Wildman–Crippen LogP) is -1.01. The van der Waals surface area contributed by atoms with Gasteiger partial charge in [-0.15, -0.1) is 0 Å². The topological polar surface area (TPSA) is 49.3 Å². The number of carbonyl (C=O) groups excluding carboxylic acids is 1. The maximum Gasteiger partial charge on any atom is 0.296 e. The molecule has 0 aliphatic carbocycles. The molecular weight excluding hydrogens is 138 g/mol. The van der Waals surface area contributed by atoms with Gasteiger partial charge in [-0.05, 0) is 5.92 Å². The number of amides is 1. The van der Waals surface area contributed by atoms with Gasteiger partial charge in [0.15, 0.2) is 0 Å². The van der Waals surface area contributed by atoms with Crippen LogP contribution in [0, 0.1) is 11.8 Å². The zero-order valence-corrected chi connectivity index (χ0v) is 5.61. The molecule has 1 amide bonds. The second-order valence-electron chi connectivity index (χ2n) is 1.12. The Morgan fingerprint density at radius 1 is 1.78 bits per heavy atom. The van der Waals surface area contributed by atoms with Crippen LogP contribution in [0.3, 0.4) is 0 Å². The van der Waals surface area contributed by atoms with Crippen LogP contribution in [0.15, 0.2) is 0 Å². The molecule has 2 N–H and O–H groups in total. The summed E-state index contributed by atoms with van der Waals surface area (Å²) >= 11 is 3.72. The van der Waals surface area contributed by atoms with E-state index >= 15 is 0 Å². The van der Waals surface area contributed by atoms with Crippen LogP contribution >= 0.6 is 12.6 Å². The van der Waals surface area contributed by atoms with E-state index in [9.17, 15) is 4.79 Å². The van der Waals surface area contributed by atoms with Crippen molar-refractivity contribution in [1.29, 1.82) is 0 Å². The van der Waals surface area contributed by atoms with E-state index in [2.05, 4.69) is 29.8 Å². The fraction of sp³-hybridized carbons (Fsp3) is 0.400. The summed E-state index contributed by atoms with van der Waals surface area (Å²) in [5, 5.41) is 10.4. The van der Waals surface area contributed by atoms with Crippen molar-refractivity contribution in [2.45, 2.75) is 0 Å². The highest BCUT2D eigenvalue weighted by molar-refractivity contribution is 7.80. The summed E-state index contributed by atoms with van der Waals surface area (Å²) in [7, 11) is 0. The van der Waals surface area contributed by atoms with Crippen molar-refractivity contribution in [3.63, 3.8) is 0 Å². The van der Waals surface area contributed by atoms with Crippen molar-refractivity contribution >= 4 is 18.5 Å². The number of thiol groups is 1. The van der Waals surface area contributed by atoms with Gasteiger partial charge in [-0.25, -0.2) is 0 Å². The minimum absolute atomic E-state index is 0.263. The first kappa shape index (κ1) is 8.34. The number of aliphatic hydroxyl groups is 1. The van der Waals surface area contributed by atoms with E-state index < -0.39 is 5.91 Å². The molecule has 0 fully saturated rings. The number of hydrogen-bond donors (Lipinski definition) is 3. The van der Waals surface area contributed by atoms with Crippen LogP contribution in [-0.2, 0) is 4.79 Å². The van der Waals surface area contributed by atoms with Crippen molar-refractivity contribution in [3.05, 3.63) is 0 Å². The number of nitrogens with one attached hydrogen (secondary N) is 1. The average Bonchev–Trinajstić information content (AvgIpc) is 1.85. The molecule has 0 unspecified atom stereocenters. The smallest absolute Gasteiger partial charge is 0.296 e.